The van der Waals surface area contributed by atoms with E-state index in [1.165, 1.54) is 0 Å². The van der Waals surface area contributed by atoms with E-state index in [0.717, 1.165) is 5.56 Å². The maximum atomic E-state index is 12.2. The zero-order valence-electron chi connectivity index (χ0n) is 11.0. The number of aryl methyl sites for hydroxylation is 1. The van der Waals surface area contributed by atoms with Crippen LogP contribution in [0.3, 0.4) is 0 Å². The smallest absolute Gasteiger partial charge is 0.339 e. The fourth-order valence-electron chi connectivity index (χ4n) is 2.45. The highest BCUT2D eigenvalue weighted by atomic mass is 35.5. The number of alkyl halides is 1. The largest absolute Gasteiger partial charge is 0.422 e. The minimum atomic E-state index is -0.399. The lowest BCUT2D eigenvalue weighted by Crippen LogP contribution is -2.11. The molecule has 3 rings (SSSR count). The Morgan fingerprint density at radius 2 is 2.05 bits per heavy atom. The van der Waals surface area contributed by atoms with E-state index in [2.05, 4.69) is 4.98 Å². The lowest BCUT2D eigenvalue weighted by molar-refractivity contribution is 0.553. The third-order valence-electron chi connectivity index (χ3n) is 3.47. The average Bonchev–Trinajstić information content (AvgIpc) is 2.44. The van der Waals surface area contributed by atoms with Crippen LogP contribution in [0.15, 0.2) is 27.4 Å². The highest BCUT2D eigenvalue weighted by Crippen LogP contribution is 2.33. The lowest BCUT2D eigenvalue weighted by atomic mass is 10.0. The van der Waals surface area contributed by atoms with Gasteiger partial charge in [-0.15, -0.1) is 11.6 Å². The number of fused-ring (bicyclic) bond motifs is 3. The van der Waals surface area contributed by atoms with E-state index < -0.39 is 5.63 Å². The molecule has 0 radical (unpaired) electrons. The summed E-state index contributed by atoms with van der Waals surface area (Å²) in [6.45, 7) is 1.82. The second-order valence-corrected chi connectivity index (χ2v) is 5.87. The first kappa shape index (κ1) is 14.6. The summed E-state index contributed by atoms with van der Waals surface area (Å²) >= 11 is 18.0. The maximum absolute atomic E-state index is 12.2. The summed E-state index contributed by atoms with van der Waals surface area (Å²) in [6.07, 6.45) is 0.426. The molecular formula is C15H10Cl3NO2. The van der Waals surface area contributed by atoms with E-state index in [-0.39, 0.29) is 0 Å². The van der Waals surface area contributed by atoms with Gasteiger partial charge in [0.25, 0.3) is 0 Å². The zero-order valence-corrected chi connectivity index (χ0v) is 13.3. The average molecular weight is 343 g/mol. The Bertz CT molecular complexity index is 918. The predicted octanol–water partition coefficient (Wildman–Crippen LogP) is 4.74. The Labute approximate surface area is 135 Å². The Hall–Kier alpha value is -1.29. The van der Waals surface area contributed by atoms with Crippen LogP contribution >= 0.6 is 34.8 Å². The summed E-state index contributed by atoms with van der Waals surface area (Å²) in [5.41, 5.74) is 1.92. The summed E-state index contributed by atoms with van der Waals surface area (Å²) in [4.78, 5) is 16.5. The van der Waals surface area contributed by atoms with Crippen molar-refractivity contribution in [1.29, 1.82) is 0 Å². The van der Waals surface area contributed by atoms with Crippen LogP contribution in [0.4, 0.5) is 0 Å². The molecule has 0 saturated carbocycles. The van der Waals surface area contributed by atoms with Gasteiger partial charge in [0.2, 0.25) is 0 Å². The molecule has 2 heterocycles. The lowest BCUT2D eigenvalue weighted by Gasteiger charge is -2.10. The van der Waals surface area contributed by atoms with Crippen LogP contribution in [0.1, 0.15) is 11.1 Å². The van der Waals surface area contributed by atoms with Gasteiger partial charge in [0.15, 0.2) is 5.58 Å². The van der Waals surface area contributed by atoms with E-state index in [1.807, 2.05) is 6.92 Å². The zero-order chi connectivity index (χ0) is 15.1. The Balaban J connectivity index is 2.54. The summed E-state index contributed by atoms with van der Waals surface area (Å²) in [5.74, 6) is 0.335. The monoisotopic (exact) mass is 341 g/mol. The van der Waals surface area contributed by atoms with Crippen LogP contribution in [-0.4, -0.2) is 10.9 Å². The number of aromatic nitrogens is 1. The standard InChI is InChI=1S/C15H10Cl3NO2/c1-7-9(4-5-16)15(20)21-13-10-6-8(17)2-3-11(10)19-14(18)12(7)13/h2-3,6H,4-5H2,1H3. The van der Waals surface area contributed by atoms with Gasteiger partial charge in [0.1, 0.15) is 5.15 Å². The van der Waals surface area contributed by atoms with Crippen LogP contribution in [0, 0.1) is 6.92 Å². The van der Waals surface area contributed by atoms with E-state index in [4.69, 9.17) is 39.2 Å². The second-order valence-electron chi connectivity index (χ2n) is 4.70. The fourth-order valence-corrected chi connectivity index (χ4v) is 3.13. The van der Waals surface area contributed by atoms with Crippen molar-refractivity contribution in [1.82, 2.24) is 4.98 Å². The topological polar surface area (TPSA) is 43.1 Å². The minimum Gasteiger partial charge on any atom is -0.422 e. The Morgan fingerprint density at radius 1 is 1.29 bits per heavy atom. The molecular weight excluding hydrogens is 333 g/mol. The van der Waals surface area contributed by atoms with E-state index in [0.29, 0.717) is 49.9 Å². The molecule has 0 spiro atoms. The van der Waals surface area contributed by atoms with Crippen LogP contribution in [-0.2, 0) is 6.42 Å². The maximum Gasteiger partial charge on any atom is 0.339 e. The fraction of sp³-hybridized carbons (Fsp3) is 0.200. The van der Waals surface area contributed by atoms with Gasteiger partial charge in [-0.25, -0.2) is 9.78 Å². The molecule has 0 fully saturated rings. The normalized spacial score (nSPS) is 11.4. The Morgan fingerprint density at radius 3 is 2.76 bits per heavy atom. The minimum absolute atomic E-state index is 0.303. The van der Waals surface area contributed by atoms with Crippen LogP contribution in [0.25, 0.3) is 21.9 Å². The quantitative estimate of drug-likeness (QED) is 0.384. The number of benzene rings is 1. The third-order valence-corrected chi connectivity index (χ3v) is 4.17. The van der Waals surface area contributed by atoms with E-state index in [1.54, 1.807) is 18.2 Å². The first-order valence-electron chi connectivity index (χ1n) is 6.30. The van der Waals surface area contributed by atoms with Crippen molar-refractivity contribution in [2.45, 2.75) is 13.3 Å². The van der Waals surface area contributed by atoms with E-state index in [9.17, 15) is 4.79 Å². The number of rotatable bonds is 2. The molecule has 21 heavy (non-hydrogen) atoms. The predicted molar refractivity (Wildman–Crippen MR) is 87.0 cm³/mol. The summed E-state index contributed by atoms with van der Waals surface area (Å²) in [7, 11) is 0. The van der Waals surface area contributed by atoms with Crippen LogP contribution in [0.2, 0.25) is 10.2 Å². The molecule has 0 amide bonds. The van der Waals surface area contributed by atoms with Gasteiger partial charge in [-0.2, -0.15) is 0 Å². The number of nitrogens with zero attached hydrogens (tertiary/aromatic N) is 1. The molecule has 0 atom stereocenters. The number of hydrogen-bond acceptors (Lipinski definition) is 3. The molecule has 2 aromatic heterocycles. The molecule has 0 aliphatic heterocycles. The third kappa shape index (κ3) is 2.39. The molecule has 0 unspecified atom stereocenters. The van der Waals surface area contributed by atoms with Crippen molar-refractivity contribution < 1.29 is 4.42 Å². The molecule has 0 bridgehead atoms. The molecule has 0 saturated heterocycles. The molecule has 1 aromatic carbocycles. The Kier molecular flexibility index (Phi) is 3.82. The van der Waals surface area contributed by atoms with Gasteiger partial charge in [0.05, 0.1) is 10.9 Å². The van der Waals surface area contributed by atoms with Crippen molar-refractivity contribution in [3.63, 3.8) is 0 Å². The molecule has 3 nitrogen and oxygen atoms in total. The van der Waals surface area contributed by atoms with Crippen LogP contribution in [0.5, 0.6) is 0 Å². The van der Waals surface area contributed by atoms with Gasteiger partial charge >= 0.3 is 5.63 Å². The molecule has 108 valence electrons. The van der Waals surface area contributed by atoms with Gasteiger partial charge in [-0.3, -0.25) is 0 Å². The first-order chi connectivity index (χ1) is 10.0. The second kappa shape index (κ2) is 5.48. The summed E-state index contributed by atoms with van der Waals surface area (Å²) < 4.78 is 5.48. The van der Waals surface area contributed by atoms with Gasteiger partial charge in [0, 0.05) is 21.9 Å². The van der Waals surface area contributed by atoms with Crippen molar-refractivity contribution in [3.05, 3.63) is 49.9 Å². The first-order valence-corrected chi connectivity index (χ1v) is 7.59. The van der Waals surface area contributed by atoms with Crippen LogP contribution < -0.4 is 5.63 Å². The molecule has 3 aromatic rings. The number of hydrogen-bond donors (Lipinski definition) is 0. The van der Waals surface area contributed by atoms with Gasteiger partial charge in [-0.05, 0) is 37.1 Å². The molecule has 0 N–H and O–H groups in total. The molecule has 0 aliphatic rings. The highest BCUT2D eigenvalue weighted by Gasteiger charge is 2.17. The van der Waals surface area contributed by atoms with Gasteiger partial charge in [-0.1, -0.05) is 23.2 Å². The SMILES string of the molecule is Cc1c(CCCl)c(=O)oc2c1c(Cl)nc1ccc(Cl)cc12. The molecule has 6 heteroatoms. The van der Waals surface area contributed by atoms with Crippen molar-refractivity contribution in [2.75, 3.05) is 5.88 Å². The van der Waals surface area contributed by atoms with Crippen molar-refractivity contribution >= 4 is 56.7 Å². The van der Waals surface area contributed by atoms with Crippen molar-refractivity contribution in [3.8, 4) is 0 Å². The molecule has 0 aliphatic carbocycles. The van der Waals surface area contributed by atoms with Crippen molar-refractivity contribution in [2.24, 2.45) is 0 Å². The number of halogens is 3. The highest BCUT2D eigenvalue weighted by molar-refractivity contribution is 6.36. The summed E-state index contributed by atoms with van der Waals surface area (Å²) in [6, 6.07) is 5.17. The van der Waals surface area contributed by atoms with Gasteiger partial charge < -0.3 is 4.42 Å². The number of pyridine rings is 1. The summed E-state index contributed by atoms with van der Waals surface area (Å²) in [5, 5.41) is 2.14. The van der Waals surface area contributed by atoms with E-state index >= 15 is 0 Å².